The average molecular weight is 481 g/mol. The van der Waals surface area contributed by atoms with E-state index in [1.807, 2.05) is 84.4 Å². The van der Waals surface area contributed by atoms with Gasteiger partial charge in [-0.3, -0.25) is 4.79 Å². The second-order valence-electron chi connectivity index (χ2n) is 8.16. The van der Waals surface area contributed by atoms with Crippen LogP contribution in [0, 0.1) is 6.92 Å². The van der Waals surface area contributed by atoms with Crippen molar-refractivity contribution in [2.45, 2.75) is 24.4 Å². The standard InChI is InChI=1S/C26H20N6O2S/c1-17-8-7-13-31-15-19(27-23(17)31)16-35-26-29-28-24(34-26)22-20-11-5-6-12-21(20)25(33)32(30-22)14-18-9-3-2-4-10-18/h2-13,15H,14,16H2,1H3. The Kier molecular flexibility index (Phi) is 5.38. The minimum atomic E-state index is -0.163. The summed E-state index contributed by atoms with van der Waals surface area (Å²) in [6.45, 7) is 2.39. The smallest absolute Gasteiger partial charge is 0.277 e. The summed E-state index contributed by atoms with van der Waals surface area (Å²) in [5.41, 5.74) is 4.28. The van der Waals surface area contributed by atoms with E-state index in [0.29, 0.717) is 34.0 Å². The highest BCUT2D eigenvalue weighted by molar-refractivity contribution is 7.98. The van der Waals surface area contributed by atoms with Gasteiger partial charge in [0.1, 0.15) is 5.65 Å². The Morgan fingerprint density at radius 3 is 2.57 bits per heavy atom. The van der Waals surface area contributed by atoms with E-state index in [1.165, 1.54) is 16.4 Å². The lowest BCUT2D eigenvalue weighted by Gasteiger charge is -2.09. The Morgan fingerprint density at radius 1 is 0.943 bits per heavy atom. The van der Waals surface area contributed by atoms with Crippen LogP contribution in [0.1, 0.15) is 16.8 Å². The number of rotatable bonds is 6. The summed E-state index contributed by atoms with van der Waals surface area (Å²) in [5.74, 6) is 0.862. The number of hydrogen-bond acceptors (Lipinski definition) is 7. The van der Waals surface area contributed by atoms with Crippen LogP contribution in [0.5, 0.6) is 0 Å². The fourth-order valence-corrected chi connectivity index (χ4v) is 4.68. The van der Waals surface area contributed by atoms with Gasteiger partial charge in [0.25, 0.3) is 16.7 Å². The molecule has 6 aromatic rings. The first-order chi connectivity index (χ1) is 17.2. The van der Waals surface area contributed by atoms with Crippen LogP contribution < -0.4 is 5.56 Å². The lowest BCUT2D eigenvalue weighted by atomic mass is 10.1. The maximum Gasteiger partial charge on any atom is 0.277 e. The molecule has 0 radical (unpaired) electrons. The first-order valence-electron chi connectivity index (χ1n) is 11.1. The first-order valence-corrected chi connectivity index (χ1v) is 12.1. The second kappa shape index (κ2) is 8.84. The number of nitrogens with zero attached hydrogens (tertiary/aromatic N) is 6. The Balaban J connectivity index is 1.32. The maximum atomic E-state index is 13.1. The van der Waals surface area contributed by atoms with Crippen LogP contribution in [-0.2, 0) is 12.3 Å². The molecular weight excluding hydrogens is 460 g/mol. The summed E-state index contributed by atoms with van der Waals surface area (Å²) in [6.07, 6.45) is 3.98. The van der Waals surface area contributed by atoms with E-state index in [9.17, 15) is 4.79 Å². The Hall–Kier alpha value is -4.24. The van der Waals surface area contributed by atoms with E-state index in [-0.39, 0.29) is 11.4 Å². The van der Waals surface area contributed by atoms with E-state index in [1.54, 1.807) is 6.07 Å². The number of thioether (sulfide) groups is 1. The number of imidazole rings is 1. The van der Waals surface area contributed by atoms with Crippen LogP contribution in [0.2, 0.25) is 0 Å². The molecule has 35 heavy (non-hydrogen) atoms. The monoisotopic (exact) mass is 480 g/mol. The molecule has 0 unspecified atom stereocenters. The molecular formula is C26H20N6O2S. The minimum absolute atomic E-state index is 0.163. The van der Waals surface area contributed by atoms with Crippen molar-refractivity contribution >= 4 is 28.2 Å². The van der Waals surface area contributed by atoms with Gasteiger partial charge in [0.05, 0.1) is 17.6 Å². The normalized spacial score (nSPS) is 11.5. The number of aromatic nitrogens is 6. The Morgan fingerprint density at radius 2 is 1.74 bits per heavy atom. The largest absolute Gasteiger partial charge is 0.409 e. The number of aryl methyl sites for hydroxylation is 1. The van der Waals surface area contributed by atoms with Gasteiger partial charge < -0.3 is 8.82 Å². The van der Waals surface area contributed by atoms with Crippen molar-refractivity contribution in [3.05, 3.63) is 106 Å². The molecule has 0 amide bonds. The zero-order chi connectivity index (χ0) is 23.8. The fraction of sp³-hybridized carbons (Fsp3) is 0.115. The SMILES string of the molecule is Cc1cccn2cc(CSc3nnc(-c4nn(Cc5ccccc5)c(=O)c5ccccc45)o3)nc12. The molecule has 2 aromatic carbocycles. The first kappa shape index (κ1) is 21.3. The van der Waals surface area contributed by atoms with Crippen molar-refractivity contribution in [2.24, 2.45) is 0 Å². The van der Waals surface area contributed by atoms with Gasteiger partial charge in [-0.25, -0.2) is 9.67 Å². The second-order valence-corrected chi connectivity index (χ2v) is 9.09. The number of hydrogen-bond donors (Lipinski definition) is 0. The van der Waals surface area contributed by atoms with Gasteiger partial charge in [-0.05, 0) is 30.2 Å². The molecule has 0 fully saturated rings. The topological polar surface area (TPSA) is 91.1 Å². The van der Waals surface area contributed by atoms with Crippen molar-refractivity contribution < 1.29 is 4.42 Å². The summed E-state index contributed by atoms with van der Waals surface area (Å²) >= 11 is 1.41. The van der Waals surface area contributed by atoms with Gasteiger partial charge >= 0.3 is 0 Å². The highest BCUT2D eigenvalue weighted by atomic mass is 32.2. The molecule has 0 N–H and O–H groups in total. The average Bonchev–Trinajstić information content (AvgIpc) is 3.53. The number of fused-ring (bicyclic) bond motifs is 2. The quantitative estimate of drug-likeness (QED) is 0.318. The highest BCUT2D eigenvalue weighted by Gasteiger charge is 2.18. The molecule has 0 saturated heterocycles. The maximum absolute atomic E-state index is 13.1. The van der Waals surface area contributed by atoms with Crippen LogP contribution in [0.4, 0.5) is 0 Å². The molecule has 0 aliphatic rings. The zero-order valence-corrected chi connectivity index (χ0v) is 19.6. The molecule has 0 atom stereocenters. The fourth-order valence-electron chi connectivity index (χ4n) is 4.03. The summed E-state index contributed by atoms with van der Waals surface area (Å²) in [7, 11) is 0. The molecule has 9 heteroatoms. The van der Waals surface area contributed by atoms with E-state index in [0.717, 1.165) is 22.5 Å². The minimum Gasteiger partial charge on any atom is -0.409 e. The third-order valence-electron chi connectivity index (χ3n) is 5.72. The van der Waals surface area contributed by atoms with Crippen molar-refractivity contribution in [2.75, 3.05) is 0 Å². The van der Waals surface area contributed by atoms with Gasteiger partial charge in [-0.2, -0.15) is 5.10 Å². The molecule has 4 heterocycles. The van der Waals surface area contributed by atoms with Crippen LogP contribution in [0.3, 0.4) is 0 Å². The molecule has 6 rings (SSSR count). The summed E-state index contributed by atoms with van der Waals surface area (Å²) < 4.78 is 9.43. The molecule has 0 saturated carbocycles. The predicted molar refractivity (Wildman–Crippen MR) is 134 cm³/mol. The molecule has 0 aliphatic heterocycles. The summed E-state index contributed by atoms with van der Waals surface area (Å²) in [5, 5.41) is 14.7. The van der Waals surface area contributed by atoms with Crippen LogP contribution in [-0.4, -0.2) is 29.4 Å². The molecule has 0 bridgehead atoms. The van der Waals surface area contributed by atoms with Crippen molar-refractivity contribution in [1.82, 2.24) is 29.4 Å². The molecule has 0 aliphatic carbocycles. The molecule has 172 valence electrons. The van der Waals surface area contributed by atoms with Crippen molar-refractivity contribution in [1.29, 1.82) is 0 Å². The third-order valence-corrected chi connectivity index (χ3v) is 6.58. The van der Waals surface area contributed by atoms with Crippen LogP contribution in [0.15, 0.2) is 93.6 Å². The van der Waals surface area contributed by atoms with Gasteiger partial charge in [0, 0.05) is 23.5 Å². The highest BCUT2D eigenvalue weighted by Crippen LogP contribution is 2.28. The van der Waals surface area contributed by atoms with Gasteiger partial charge in [-0.15, -0.1) is 10.2 Å². The van der Waals surface area contributed by atoms with E-state index >= 15 is 0 Å². The molecule has 0 spiro atoms. The lowest BCUT2D eigenvalue weighted by molar-refractivity contribution is 0.462. The predicted octanol–water partition coefficient (Wildman–Crippen LogP) is 4.74. The number of pyridine rings is 1. The Labute approximate surface area is 204 Å². The van der Waals surface area contributed by atoms with E-state index in [2.05, 4.69) is 15.3 Å². The number of benzene rings is 2. The van der Waals surface area contributed by atoms with E-state index < -0.39 is 0 Å². The van der Waals surface area contributed by atoms with Crippen LogP contribution >= 0.6 is 11.8 Å². The van der Waals surface area contributed by atoms with Crippen LogP contribution in [0.25, 0.3) is 28.0 Å². The lowest BCUT2D eigenvalue weighted by Crippen LogP contribution is -2.24. The van der Waals surface area contributed by atoms with Crippen molar-refractivity contribution in [3.63, 3.8) is 0 Å². The zero-order valence-electron chi connectivity index (χ0n) is 18.8. The van der Waals surface area contributed by atoms with E-state index in [4.69, 9.17) is 9.40 Å². The van der Waals surface area contributed by atoms with Crippen molar-refractivity contribution in [3.8, 4) is 11.6 Å². The van der Waals surface area contributed by atoms with Gasteiger partial charge in [-0.1, -0.05) is 66.4 Å². The third kappa shape index (κ3) is 4.10. The summed E-state index contributed by atoms with van der Waals surface area (Å²) in [4.78, 5) is 17.8. The molecule has 8 nitrogen and oxygen atoms in total. The Bertz CT molecular complexity index is 1720. The summed E-state index contributed by atoms with van der Waals surface area (Å²) in [6, 6.07) is 21.1. The van der Waals surface area contributed by atoms with Gasteiger partial charge in [0.2, 0.25) is 0 Å². The van der Waals surface area contributed by atoms with Gasteiger partial charge in [0.15, 0.2) is 5.69 Å². The molecule has 4 aromatic heterocycles.